The number of hydrogen-bond donors (Lipinski definition) is 1. The highest BCUT2D eigenvalue weighted by Crippen LogP contribution is 2.12. The third kappa shape index (κ3) is 3.30. The summed E-state index contributed by atoms with van der Waals surface area (Å²) in [7, 11) is -1.99. The number of amides is 1. The van der Waals surface area contributed by atoms with Gasteiger partial charge >= 0.3 is 0 Å². The zero-order valence-electron chi connectivity index (χ0n) is 10.8. The molecule has 0 aliphatic heterocycles. The molecule has 0 bridgehead atoms. The number of carbonyl (C=O) groups is 1. The molecule has 0 fully saturated rings. The second kappa shape index (κ2) is 5.49. The maximum absolute atomic E-state index is 12.1. The molecule has 0 heterocycles. The van der Waals surface area contributed by atoms with Gasteiger partial charge in [0, 0.05) is 18.7 Å². The third-order valence-electron chi connectivity index (χ3n) is 3.00. The average Bonchev–Trinajstić information content (AvgIpc) is 2.35. The van der Waals surface area contributed by atoms with Gasteiger partial charge in [-0.25, -0.2) is 13.6 Å². The van der Waals surface area contributed by atoms with Crippen LogP contribution in [0.15, 0.2) is 29.2 Å². The molecule has 100 valence electrons. The van der Waals surface area contributed by atoms with Crippen LogP contribution >= 0.6 is 0 Å². The van der Waals surface area contributed by atoms with Crippen LogP contribution in [0.5, 0.6) is 0 Å². The number of carbonyl (C=O) groups excluding carboxylic acids is 1. The quantitative estimate of drug-likeness (QED) is 0.892. The fourth-order valence-corrected chi connectivity index (χ4v) is 1.98. The van der Waals surface area contributed by atoms with Crippen molar-refractivity contribution < 1.29 is 13.2 Å². The first-order valence-corrected chi connectivity index (χ1v) is 7.22. The van der Waals surface area contributed by atoms with Gasteiger partial charge in [0.15, 0.2) is 0 Å². The second-order valence-corrected chi connectivity index (χ2v) is 5.80. The molecule has 0 aromatic heterocycles. The van der Waals surface area contributed by atoms with Crippen LogP contribution in [-0.2, 0) is 10.0 Å². The van der Waals surface area contributed by atoms with Gasteiger partial charge in [-0.15, -0.1) is 0 Å². The summed E-state index contributed by atoms with van der Waals surface area (Å²) in [4.78, 5) is 13.7. The summed E-state index contributed by atoms with van der Waals surface area (Å²) in [5.74, 6) is -0.134. The minimum Gasteiger partial charge on any atom is -0.339 e. The van der Waals surface area contributed by atoms with Crippen molar-refractivity contribution in [2.45, 2.75) is 31.2 Å². The molecule has 0 saturated heterocycles. The van der Waals surface area contributed by atoms with Crippen molar-refractivity contribution in [1.29, 1.82) is 0 Å². The zero-order chi connectivity index (χ0) is 13.9. The predicted octanol–water partition coefficient (Wildman–Crippen LogP) is 1.20. The van der Waals surface area contributed by atoms with Crippen LogP contribution in [0.25, 0.3) is 0 Å². The van der Waals surface area contributed by atoms with Crippen molar-refractivity contribution in [2.75, 3.05) is 7.05 Å². The smallest absolute Gasteiger partial charge is 0.253 e. The largest absolute Gasteiger partial charge is 0.339 e. The summed E-state index contributed by atoms with van der Waals surface area (Å²) in [6.07, 6.45) is 0.859. The Morgan fingerprint density at radius 2 is 1.83 bits per heavy atom. The number of sulfonamides is 1. The van der Waals surface area contributed by atoms with Crippen LogP contribution in [-0.4, -0.2) is 32.3 Å². The van der Waals surface area contributed by atoms with Gasteiger partial charge < -0.3 is 4.90 Å². The molecule has 0 radical (unpaired) electrons. The maximum atomic E-state index is 12.1. The van der Waals surface area contributed by atoms with Gasteiger partial charge in [-0.2, -0.15) is 0 Å². The molecule has 1 amide bonds. The van der Waals surface area contributed by atoms with Crippen molar-refractivity contribution in [3.8, 4) is 0 Å². The van der Waals surface area contributed by atoms with E-state index in [9.17, 15) is 13.2 Å². The van der Waals surface area contributed by atoms with E-state index >= 15 is 0 Å². The summed E-state index contributed by atoms with van der Waals surface area (Å²) in [5, 5.41) is 4.99. The predicted molar refractivity (Wildman–Crippen MR) is 69.7 cm³/mol. The highest BCUT2D eigenvalue weighted by Gasteiger charge is 2.16. The molecule has 0 saturated carbocycles. The van der Waals surface area contributed by atoms with Crippen molar-refractivity contribution in [3.05, 3.63) is 29.8 Å². The first kappa shape index (κ1) is 14.7. The lowest BCUT2D eigenvalue weighted by molar-refractivity contribution is 0.0740. The molecule has 1 aromatic carbocycles. The van der Waals surface area contributed by atoms with Gasteiger partial charge in [-0.3, -0.25) is 4.79 Å². The van der Waals surface area contributed by atoms with E-state index in [-0.39, 0.29) is 16.8 Å². The first-order chi connectivity index (χ1) is 8.27. The first-order valence-electron chi connectivity index (χ1n) is 5.67. The van der Waals surface area contributed by atoms with Crippen molar-refractivity contribution in [2.24, 2.45) is 5.14 Å². The van der Waals surface area contributed by atoms with E-state index in [1.54, 1.807) is 11.9 Å². The van der Waals surface area contributed by atoms with E-state index in [4.69, 9.17) is 5.14 Å². The Morgan fingerprint density at radius 3 is 2.22 bits per heavy atom. The lowest BCUT2D eigenvalue weighted by Crippen LogP contribution is -2.34. The number of nitrogens with zero attached hydrogens (tertiary/aromatic N) is 1. The Hall–Kier alpha value is -1.40. The van der Waals surface area contributed by atoms with E-state index < -0.39 is 10.0 Å². The van der Waals surface area contributed by atoms with Crippen LogP contribution in [0.2, 0.25) is 0 Å². The standard InChI is InChI=1S/C12H18N2O3S/c1-4-9(2)14(3)12(15)10-5-7-11(8-6-10)18(13,16)17/h5-9H,4H2,1-3H3,(H2,13,16,17). The average molecular weight is 270 g/mol. The lowest BCUT2D eigenvalue weighted by Gasteiger charge is -2.23. The topological polar surface area (TPSA) is 80.5 Å². The summed E-state index contributed by atoms with van der Waals surface area (Å²) in [6.45, 7) is 3.95. The molecule has 18 heavy (non-hydrogen) atoms. The van der Waals surface area contributed by atoms with Crippen LogP contribution in [0, 0.1) is 0 Å². The van der Waals surface area contributed by atoms with Crippen LogP contribution in [0.3, 0.4) is 0 Å². The number of nitrogens with two attached hydrogens (primary N) is 1. The van der Waals surface area contributed by atoms with Gasteiger partial charge in [0.25, 0.3) is 5.91 Å². The molecule has 6 heteroatoms. The van der Waals surface area contributed by atoms with Gasteiger partial charge in [-0.05, 0) is 37.6 Å². The van der Waals surface area contributed by atoms with E-state index in [0.717, 1.165) is 6.42 Å². The van der Waals surface area contributed by atoms with Crippen LogP contribution in [0.1, 0.15) is 30.6 Å². The third-order valence-corrected chi connectivity index (χ3v) is 3.93. The highest BCUT2D eigenvalue weighted by molar-refractivity contribution is 7.89. The molecular weight excluding hydrogens is 252 g/mol. The van der Waals surface area contributed by atoms with Crippen molar-refractivity contribution in [1.82, 2.24) is 4.90 Å². The van der Waals surface area contributed by atoms with Crippen molar-refractivity contribution in [3.63, 3.8) is 0 Å². The molecule has 1 unspecified atom stereocenters. The SMILES string of the molecule is CCC(C)N(C)C(=O)c1ccc(S(N)(=O)=O)cc1. The highest BCUT2D eigenvalue weighted by atomic mass is 32.2. The second-order valence-electron chi connectivity index (χ2n) is 4.24. The summed E-state index contributed by atoms with van der Waals surface area (Å²) in [5.41, 5.74) is 0.449. The van der Waals surface area contributed by atoms with E-state index in [2.05, 4.69) is 0 Å². The number of benzene rings is 1. The zero-order valence-corrected chi connectivity index (χ0v) is 11.6. The Labute approximate surface area is 108 Å². The Bertz CT molecular complexity index is 523. The molecular formula is C12H18N2O3S. The number of rotatable bonds is 4. The van der Waals surface area contributed by atoms with Gasteiger partial charge in [0.05, 0.1) is 4.90 Å². The molecule has 0 aliphatic rings. The fourth-order valence-electron chi connectivity index (χ4n) is 1.46. The molecule has 1 aromatic rings. The van der Waals surface area contributed by atoms with Crippen LogP contribution in [0.4, 0.5) is 0 Å². The molecule has 0 aliphatic carbocycles. The Morgan fingerprint density at radius 1 is 1.33 bits per heavy atom. The summed E-state index contributed by atoms with van der Waals surface area (Å²) < 4.78 is 22.2. The minimum atomic E-state index is -3.71. The number of hydrogen-bond acceptors (Lipinski definition) is 3. The fraction of sp³-hybridized carbons (Fsp3) is 0.417. The van der Waals surface area contributed by atoms with E-state index in [1.165, 1.54) is 24.3 Å². The van der Waals surface area contributed by atoms with Crippen molar-refractivity contribution >= 4 is 15.9 Å². The van der Waals surface area contributed by atoms with Gasteiger partial charge in [0.2, 0.25) is 10.0 Å². The molecule has 1 rings (SSSR count). The molecule has 1 atom stereocenters. The van der Waals surface area contributed by atoms with Gasteiger partial charge in [-0.1, -0.05) is 6.92 Å². The maximum Gasteiger partial charge on any atom is 0.253 e. The molecule has 0 spiro atoms. The monoisotopic (exact) mass is 270 g/mol. The molecule has 5 nitrogen and oxygen atoms in total. The Kier molecular flexibility index (Phi) is 4.48. The van der Waals surface area contributed by atoms with E-state index in [1.807, 2.05) is 13.8 Å². The number of primary sulfonamides is 1. The summed E-state index contributed by atoms with van der Waals surface area (Å²) in [6, 6.07) is 5.76. The normalized spacial score (nSPS) is 13.1. The minimum absolute atomic E-state index is 0.00485. The van der Waals surface area contributed by atoms with Crippen LogP contribution < -0.4 is 5.14 Å². The van der Waals surface area contributed by atoms with E-state index in [0.29, 0.717) is 5.56 Å². The Balaban J connectivity index is 2.96. The van der Waals surface area contributed by atoms with Gasteiger partial charge in [0.1, 0.15) is 0 Å². The summed E-state index contributed by atoms with van der Waals surface area (Å²) >= 11 is 0. The lowest BCUT2D eigenvalue weighted by atomic mass is 10.1. The molecule has 2 N–H and O–H groups in total.